The molecule has 2 unspecified atom stereocenters. The molecule has 0 bridgehead atoms. The van der Waals surface area contributed by atoms with Gasteiger partial charge in [-0.15, -0.1) is 0 Å². The predicted molar refractivity (Wildman–Crippen MR) is 63.3 cm³/mol. The molecule has 1 aliphatic carbocycles. The molecule has 0 aromatic heterocycles. The molecule has 16 heavy (non-hydrogen) atoms. The number of hydrogen-bond acceptors (Lipinski definition) is 3. The van der Waals surface area contributed by atoms with E-state index in [2.05, 4.69) is 21.7 Å². The van der Waals surface area contributed by atoms with Gasteiger partial charge >= 0.3 is 0 Å². The Morgan fingerprint density at radius 1 is 1.25 bits per heavy atom. The summed E-state index contributed by atoms with van der Waals surface area (Å²) in [7, 11) is -3.28. The molecule has 0 aromatic carbocycles. The molecule has 2 aliphatic rings. The molecule has 1 saturated heterocycles. The fourth-order valence-corrected chi connectivity index (χ4v) is 3.25. The Bertz CT molecular complexity index is 327. The lowest BCUT2D eigenvalue weighted by Crippen LogP contribution is -2.49. The van der Waals surface area contributed by atoms with Crippen molar-refractivity contribution in [3.8, 4) is 0 Å². The number of hydrogen-bond donors (Lipinski definition) is 3. The number of nitrogens with one attached hydrogen (secondary N) is 3. The van der Waals surface area contributed by atoms with Crippen LogP contribution in [0.4, 0.5) is 0 Å². The summed E-state index contributed by atoms with van der Waals surface area (Å²) in [6, 6.07) is 0.954. The lowest BCUT2D eigenvalue weighted by atomic mass is 10.00. The Hall–Kier alpha value is -0.170. The Balaban J connectivity index is 1.72. The Morgan fingerprint density at radius 2 is 2.00 bits per heavy atom. The normalized spacial score (nSPS) is 31.6. The first-order valence-corrected chi connectivity index (χ1v) is 7.56. The molecule has 1 aliphatic heterocycles. The molecule has 2 fully saturated rings. The first kappa shape index (κ1) is 12.3. The van der Waals surface area contributed by atoms with Crippen molar-refractivity contribution in [1.29, 1.82) is 0 Å². The highest BCUT2D eigenvalue weighted by Gasteiger charge is 2.27. The summed E-state index contributed by atoms with van der Waals surface area (Å²) < 4.78 is 28.3. The van der Waals surface area contributed by atoms with Crippen molar-refractivity contribution >= 4 is 10.2 Å². The van der Waals surface area contributed by atoms with Crippen LogP contribution in [0.15, 0.2) is 0 Å². The highest BCUT2D eigenvalue weighted by molar-refractivity contribution is 7.87. The summed E-state index contributed by atoms with van der Waals surface area (Å²) in [4.78, 5) is 0. The zero-order valence-corrected chi connectivity index (χ0v) is 10.5. The molecule has 5 nitrogen and oxygen atoms in total. The fraction of sp³-hybridized carbons (Fsp3) is 1.00. The lowest BCUT2D eigenvalue weighted by molar-refractivity contribution is 0.334. The van der Waals surface area contributed by atoms with Crippen molar-refractivity contribution < 1.29 is 8.42 Å². The summed E-state index contributed by atoms with van der Waals surface area (Å²) in [5.74, 6) is 0. The van der Waals surface area contributed by atoms with E-state index < -0.39 is 10.2 Å². The molecule has 6 heteroatoms. The summed E-state index contributed by atoms with van der Waals surface area (Å²) in [6.45, 7) is 2.63. The maximum atomic E-state index is 11.6. The van der Waals surface area contributed by atoms with Crippen LogP contribution in [0.3, 0.4) is 0 Å². The van der Waals surface area contributed by atoms with Crippen molar-refractivity contribution in [2.24, 2.45) is 0 Å². The molecule has 0 aromatic rings. The monoisotopic (exact) mass is 247 g/mol. The van der Waals surface area contributed by atoms with E-state index in [1.165, 1.54) is 12.8 Å². The second kappa shape index (κ2) is 5.00. The van der Waals surface area contributed by atoms with Crippen molar-refractivity contribution in [2.75, 3.05) is 6.54 Å². The van der Waals surface area contributed by atoms with E-state index in [0.29, 0.717) is 12.6 Å². The van der Waals surface area contributed by atoms with Crippen LogP contribution in [0.25, 0.3) is 0 Å². The van der Waals surface area contributed by atoms with Crippen LogP contribution < -0.4 is 14.8 Å². The molecular formula is C10H21N3O2S. The van der Waals surface area contributed by atoms with Gasteiger partial charge in [0.15, 0.2) is 0 Å². The van der Waals surface area contributed by atoms with Gasteiger partial charge < -0.3 is 5.32 Å². The summed E-state index contributed by atoms with van der Waals surface area (Å²) in [5.41, 5.74) is 0. The van der Waals surface area contributed by atoms with Crippen LogP contribution in [0.2, 0.25) is 0 Å². The summed E-state index contributed by atoms with van der Waals surface area (Å²) >= 11 is 0. The second-order valence-electron chi connectivity index (χ2n) is 4.94. The SMILES string of the molecule is CC1CCCC(CNS(=O)(=O)NC2CC2)N1. The van der Waals surface area contributed by atoms with Gasteiger partial charge in [-0.3, -0.25) is 0 Å². The minimum Gasteiger partial charge on any atom is -0.310 e. The zero-order chi connectivity index (χ0) is 11.6. The van der Waals surface area contributed by atoms with Gasteiger partial charge in [0.05, 0.1) is 0 Å². The van der Waals surface area contributed by atoms with Crippen LogP contribution in [0.1, 0.15) is 39.0 Å². The summed E-state index contributed by atoms with van der Waals surface area (Å²) in [5, 5.41) is 3.40. The molecule has 94 valence electrons. The molecular weight excluding hydrogens is 226 g/mol. The van der Waals surface area contributed by atoms with Gasteiger partial charge in [0.2, 0.25) is 0 Å². The second-order valence-corrected chi connectivity index (χ2v) is 6.47. The standard InChI is InChI=1S/C10H21N3O2S/c1-8-3-2-4-10(12-8)7-11-16(14,15)13-9-5-6-9/h8-13H,2-7H2,1H3. The quantitative estimate of drug-likeness (QED) is 0.645. The van der Waals surface area contributed by atoms with Gasteiger partial charge in [-0.1, -0.05) is 6.42 Å². The van der Waals surface area contributed by atoms with Crippen molar-refractivity contribution in [3.63, 3.8) is 0 Å². The molecule has 1 heterocycles. The van der Waals surface area contributed by atoms with Gasteiger partial charge in [0.25, 0.3) is 10.2 Å². The Morgan fingerprint density at radius 3 is 2.62 bits per heavy atom. The maximum Gasteiger partial charge on any atom is 0.277 e. The number of rotatable bonds is 5. The molecule has 2 atom stereocenters. The third-order valence-corrected chi connectivity index (χ3v) is 4.32. The molecule has 2 rings (SSSR count). The summed E-state index contributed by atoms with van der Waals surface area (Å²) in [6.07, 6.45) is 5.36. The van der Waals surface area contributed by atoms with Crippen LogP contribution in [0.5, 0.6) is 0 Å². The van der Waals surface area contributed by atoms with E-state index in [1.807, 2.05) is 0 Å². The molecule has 0 amide bonds. The fourth-order valence-electron chi connectivity index (χ4n) is 2.07. The van der Waals surface area contributed by atoms with Crippen molar-refractivity contribution in [1.82, 2.24) is 14.8 Å². The van der Waals surface area contributed by atoms with E-state index in [0.717, 1.165) is 19.3 Å². The van der Waals surface area contributed by atoms with E-state index >= 15 is 0 Å². The topological polar surface area (TPSA) is 70.2 Å². The smallest absolute Gasteiger partial charge is 0.277 e. The minimum absolute atomic E-state index is 0.177. The lowest BCUT2D eigenvalue weighted by Gasteiger charge is -2.28. The van der Waals surface area contributed by atoms with Crippen molar-refractivity contribution in [3.05, 3.63) is 0 Å². The largest absolute Gasteiger partial charge is 0.310 e. The van der Waals surface area contributed by atoms with E-state index in [-0.39, 0.29) is 12.1 Å². The zero-order valence-electron chi connectivity index (χ0n) is 9.70. The van der Waals surface area contributed by atoms with Gasteiger partial charge in [-0.25, -0.2) is 4.72 Å². The van der Waals surface area contributed by atoms with Gasteiger partial charge in [-0.2, -0.15) is 13.1 Å². The molecule has 3 N–H and O–H groups in total. The van der Waals surface area contributed by atoms with E-state index in [1.54, 1.807) is 0 Å². The van der Waals surface area contributed by atoms with Crippen LogP contribution in [-0.4, -0.2) is 33.1 Å². The van der Waals surface area contributed by atoms with Gasteiger partial charge in [-0.05, 0) is 32.6 Å². The molecule has 0 spiro atoms. The highest BCUT2D eigenvalue weighted by Crippen LogP contribution is 2.19. The van der Waals surface area contributed by atoms with E-state index in [9.17, 15) is 8.42 Å². The Kier molecular flexibility index (Phi) is 3.84. The minimum atomic E-state index is -3.28. The van der Waals surface area contributed by atoms with Crippen LogP contribution in [0, 0.1) is 0 Å². The first-order chi connectivity index (χ1) is 7.55. The molecule has 1 saturated carbocycles. The average Bonchev–Trinajstić information content (AvgIpc) is 2.98. The third-order valence-electron chi connectivity index (χ3n) is 3.13. The van der Waals surface area contributed by atoms with Crippen LogP contribution in [-0.2, 0) is 10.2 Å². The van der Waals surface area contributed by atoms with Gasteiger partial charge in [0, 0.05) is 24.7 Å². The van der Waals surface area contributed by atoms with E-state index in [4.69, 9.17) is 0 Å². The number of piperidine rings is 1. The highest BCUT2D eigenvalue weighted by atomic mass is 32.2. The third kappa shape index (κ3) is 4.01. The van der Waals surface area contributed by atoms with Gasteiger partial charge in [0.1, 0.15) is 0 Å². The van der Waals surface area contributed by atoms with Crippen LogP contribution >= 0.6 is 0 Å². The maximum absolute atomic E-state index is 11.6. The van der Waals surface area contributed by atoms with Crippen molar-refractivity contribution in [2.45, 2.75) is 57.2 Å². The average molecular weight is 247 g/mol. The first-order valence-electron chi connectivity index (χ1n) is 6.08. The Labute approximate surface area is 97.6 Å². The molecule has 0 radical (unpaired) electrons. The predicted octanol–water partition coefficient (Wildman–Crippen LogP) is 0.103.